The van der Waals surface area contributed by atoms with Gasteiger partial charge in [0.15, 0.2) is 5.96 Å². The van der Waals surface area contributed by atoms with Gasteiger partial charge < -0.3 is 15.5 Å². The number of carbonyl (C=O) groups excluding carboxylic acids is 1. The van der Waals surface area contributed by atoms with E-state index in [1.807, 2.05) is 11.0 Å². The molecule has 2 N–H and O–H groups in total. The van der Waals surface area contributed by atoms with Gasteiger partial charge in [0.1, 0.15) is 0 Å². The molecule has 2 saturated heterocycles. The molecule has 1 aromatic rings. The number of guanidine groups is 1. The van der Waals surface area contributed by atoms with Crippen molar-refractivity contribution in [2.75, 3.05) is 45.8 Å². The number of benzene rings is 1. The average Bonchev–Trinajstić information content (AvgIpc) is 3.15. The first-order valence-electron chi connectivity index (χ1n) is 12.6. The molecule has 2 atom stereocenters. The Balaban J connectivity index is 0.00000385. The summed E-state index contributed by atoms with van der Waals surface area (Å²) in [5.41, 5.74) is 1.29. The standard InChI is InChI=1S/C26H43N5O.HI/c1-4-27-26(29-18-24-12-8-9-14-30(24)19-21(2)3)28-17-23-16-25(32)31(20-23)15-13-22-10-6-5-7-11-22;/h5-7,10-11,21,23-24H,4,8-9,12-20H2,1-3H3,(H2,27,28,29);1H. The Kier molecular flexibility index (Phi) is 12.5. The maximum atomic E-state index is 12.5. The van der Waals surface area contributed by atoms with Crippen LogP contribution < -0.4 is 10.6 Å². The molecule has 0 radical (unpaired) electrons. The van der Waals surface area contributed by atoms with E-state index in [-0.39, 0.29) is 29.9 Å². The van der Waals surface area contributed by atoms with Crippen molar-refractivity contribution in [1.82, 2.24) is 20.4 Å². The lowest BCUT2D eigenvalue weighted by Crippen LogP contribution is -2.50. The van der Waals surface area contributed by atoms with Crippen molar-refractivity contribution in [1.29, 1.82) is 0 Å². The number of halogens is 1. The molecule has 6 nitrogen and oxygen atoms in total. The summed E-state index contributed by atoms with van der Waals surface area (Å²) in [5, 5.41) is 6.98. The van der Waals surface area contributed by atoms with Gasteiger partial charge in [0.2, 0.25) is 5.91 Å². The molecule has 0 aromatic heterocycles. The minimum absolute atomic E-state index is 0. The molecule has 1 amide bonds. The second-order valence-electron chi connectivity index (χ2n) is 9.78. The summed E-state index contributed by atoms with van der Waals surface area (Å²) in [6.45, 7) is 13.2. The fraction of sp³-hybridized carbons (Fsp3) is 0.692. The summed E-state index contributed by atoms with van der Waals surface area (Å²) in [6, 6.07) is 11.0. The van der Waals surface area contributed by atoms with Gasteiger partial charge in [-0.3, -0.25) is 14.7 Å². The third-order valence-electron chi connectivity index (χ3n) is 6.51. The highest BCUT2D eigenvalue weighted by molar-refractivity contribution is 14.0. The number of likely N-dealkylation sites (tertiary alicyclic amines) is 2. The molecular formula is C26H44IN5O. The number of aliphatic imine (C=N–C) groups is 1. The van der Waals surface area contributed by atoms with Crippen LogP contribution in [0.25, 0.3) is 0 Å². The molecule has 3 rings (SSSR count). The van der Waals surface area contributed by atoms with Gasteiger partial charge in [-0.1, -0.05) is 50.6 Å². The van der Waals surface area contributed by atoms with Crippen molar-refractivity contribution in [2.24, 2.45) is 16.8 Å². The first-order valence-corrected chi connectivity index (χ1v) is 12.6. The second-order valence-corrected chi connectivity index (χ2v) is 9.78. The van der Waals surface area contributed by atoms with E-state index in [4.69, 9.17) is 4.99 Å². The summed E-state index contributed by atoms with van der Waals surface area (Å²) in [6.07, 6.45) is 5.42. The molecule has 0 spiro atoms. The topological polar surface area (TPSA) is 60.0 Å². The van der Waals surface area contributed by atoms with Crippen molar-refractivity contribution >= 4 is 35.8 Å². The summed E-state index contributed by atoms with van der Waals surface area (Å²) in [5.74, 6) is 2.16. The van der Waals surface area contributed by atoms with Gasteiger partial charge in [-0.15, -0.1) is 24.0 Å². The van der Waals surface area contributed by atoms with Gasteiger partial charge in [0, 0.05) is 57.6 Å². The number of hydrogen-bond acceptors (Lipinski definition) is 3. The SMILES string of the molecule is CCNC(=NCC1CC(=O)N(CCc2ccccc2)C1)NCC1CCCCN1CC(C)C.I. The largest absolute Gasteiger partial charge is 0.357 e. The van der Waals surface area contributed by atoms with Gasteiger partial charge >= 0.3 is 0 Å². The van der Waals surface area contributed by atoms with Gasteiger partial charge in [-0.25, -0.2) is 0 Å². The highest BCUT2D eigenvalue weighted by Gasteiger charge is 2.29. The normalized spacial score (nSPS) is 21.9. The number of hydrogen-bond donors (Lipinski definition) is 2. The summed E-state index contributed by atoms with van der Waals surface area (Å²) in [7, 11) is 0. The number of nitrogens with one attached hydrogen (secondary N) is 2. The summed E-state index contributed by atoms with van der Waals surface area (Å²) in [4.78, 5) is 22.0. The Labute approximate surface area is 218 Å². The van der Waals surface area contributed by atoms with Crippen LogP contribution in [0.5, 0.6) is 0 Å². The van der Waals surface area contributed by atoms with Crippen LogP contribution in [0.15, 0.2) is 35.3 Å². The second kappa shape index (κ2) is 14.8. The van der Waals surface area contributed by atoms with Crippen LogP contribution in [0.1, 0.15) is 52.0 Å². The first-order chi connectivity index (χ1) is 15.5. The highest BCUT2D eigenvalue weighted by Crippen LogP contribution is 2.19. The summed E-state index contributed by atoms with van der Waals surface area (Å²) >= 11 is 0. The van der Waals surface area contributed by atoms with E-state index in [1.165, 1.54) is 37.9 Å². The van der Waals surface area contributed by atoms with E-state index in [9.17, 15) is 4.79 Å². The van der Waals surface area contributed by atoms with Crippen molar-refractivity contribution in [3.8, 4) is 0 Å². The number of piperidine rings is 1. The fourth-order valence-corrected chi connectivity index (χ4v) is 4.88. The Morgan fingerprint density at radius 1 is 1.18 bits per heavy atom. The minimum atomic E-state index is 0. The van der Waals surface area contributed by atoms with Crippen LogP contribution >= 0.6 is 24.0 Å². The van der Waals surface area contributed by atoms with Crippen LogP contribution in [-0.2, 0) is 11.2 Å². The number of amides is 1. The molecule has 33 heavy (non-hydrogen) atoms. The Morgan fingerprint density at radius 2 is 1.97 bits per heavy atom. The predicted octanol–water partition coefficient (Wildman–Crippen LogP) is 3.76. The molecule has 2 heterocycles. The van der Waals surface area contributed by atoms with Crippen LogP contribution in [0.3, 0.4) is 0 Å². The molecule has 2 fully saturated rings. The highest BCUT2D eigenvalue weighted by atomic mass is 127. The molecule has 2 aliphatic rings. The monoisotopic (exact) mass is 569 g/mol. The zero-order valence-corrected chi connectivity index (χ0v) is 23.1. The lowest BCUT2D eigenvalue weighted by atomic mass is 10.0. The Hall–Kier alpha value is -1.35. The molecule has 1 aromatic carbocycles. The third-order valence-corrected chi connectivity index (χ3v) is 6.51. The van der Waals surface area contributed by atoms with Crippen LogP contribution in [0, 0.1) is 11.8 Å². The smallest absolute Gasteiger partial charge is 0.223 e. The third kappa shape index (κ3) is 9.43. The molecule has 0 aliphatic carbocycles. The maximum Gasteiger partial charge on any atom is 0.223 e. The van der Waals surface area contributed by atoms with E-state index in [1.54, 1.807) is 0 Å². The summed E-state index contributed by atoms with van der Waals surface area (Å²) < 4.78 is 0. The van der Waals surface area contributed by atoms with E-state index < -0.39 is 0 Å². The number of rotatable bonds is 10. The van der Waals surface area contributed by atoms with Gasteiger partial charge in [-0.05, 0) is 44.2 Å². The van der Waals surface area contributed by atoms with Crippen molar-refractivity contribution < 1.29 is 4.79 Å². The molecule has 7 heteroatoms. The van der Waals surface area contributed by atoms with E-state index in [0.29, 0.717) is 30.8 Å². The van der Waals surface area contributed by atoms with Gasteiger partial charge in [-0.2, -0.15) is 0 Å². The van der Waals surface area contributed by atoms with Crippen molar-refractivity contribution in [3.05, 3.63) is 35.9 Å². The molecular weight excluding hydrogens is 525 g/mol. The van der Waals surface area contributed by atoms with Gasteiger partial charge in [0.05, 0.1) is 0 Å². The van der Waals surface area contributed by atoms with Crippen LogP contribution in [0.4, 0.5) is 0 Å². The van der Waals surface area contributed by atoms with E-state index in [0.717, 1.165) is 38.6 Å². The lowest BCUT2D eigenvalue weighted by molar-refractivity contribution is -0.127. The minimum Gasteiger partial charge on any atom is -0.357 e. The zero-order chi connectivity index (χ0) is 22.8. The molecule has 0 saturated carbocycles. The van der Waals surface area contributed by atoms with Crippen LogP contribution in [-0.4, -0.2) is 73.5 Å². The average molecular weight is 570 g/mol. The van der Waals surface area contributed by atoms with Crippen molar-refractivity contribution in [2.45, 2.75) is 58.9 Å². The predicted molar refractivity (Wildman–Crippen MR) is 148 cm³/mol. The van der Waals surface area contributed by atoms with E-state index in [2.05, 4.69) is 60.6 Å². The molecule has 2 aliphatic heterocycles. The molecule has 0 bridgehead atoms. The van der Waals surface area contributed by atoms with Crippen LogP contribution in [0.2, 0.25) is 0 Å². The Bertz CT molecular complexity index is 727. The van der Waals surface area contributed by atoms with Gasteiger partial charge in [0.25, 0.3) is 0 Å². The zero-order valence-electron chi connectivity index (χ0n) is 20.8. The van der Waals surface area contributed by atoms with E-state index >= 15 is 0 Å². The number of nitrogens with zero attached hydrogens (tertiary/aromatic N) is 3. The number of carbonyl (C=O) groups is 1. The Morgan fingerprint density at radius 3 is 2.70 bits per heavy atom. The fourth-order valence-electron chi connectivity index (χ4n) is 4.88. The first kappa shape index (κ1) is 27.9. The molecule has 186 valence electrons. The quantitative estimate of drug-likeness (QED) is 0.256. The lowest BCUT2D eigenvalue weighted by Gasteiger charge is -2.37. The molecule has 2 unspecified atom stereocenters. The van der Waals surface area contributed by atoms with Crippen molar-refractivity contribution in [3.63, 3.8) is 0 Å². The maximum absolute atomic E-state index is 12.5.